The van der Waals surface area contributed by atoms with Crippen LogP contribution in [0.4, 0.5) is 8.78 Å². The number of halogens is 2. The summed E-state index contributed by atoms with van der Waals surface area (Å²) in [5, 5.41) is 11.2. The first-order chi connectivity index (χ1) is 9.43. The summed E-state index contributed by atoms with van der Waals surface area (Å²) in [6.45, 7) is 0. The van der Waals surface area contributed by atoms with Crippen molar-refractivity contribution in [1.29, 1.82) is 0 Å². The Hall–Kier alpha value is -2.18. The van der Waals surface area contributed by atoms with Gasteiger partial charge in [-0.1, -0.05) is 0 Å². The number of carbonyl (C=O) groups excluding carboxylic acids is 1. The first-order valence-corrected chi connectivity index (χ1v) is 5.99. The van der Waals surface area contributed by atoms with E-state index in [1.54, 1.807) is 0 Å². The van der Waals surface area contributed by atoms with E-state index in [1.165, 1.54) is 0 Å². The zero-order valence-electron chi connectivity index (χ0n) is 10.7. The molecule has 1 fully saturated rings. The predicted molar refractivity (Wildman–Crippen MR) is 64.5 cm³/mol. The maximum Gasteiger partial charge on any atom is 0.306 e. The summed E-state index contributed by atoms with van der Waals surface area (Å²) in [5.74, 6) is -4.43. The second-order valence-corrected chi connectivity index (χ2v) is 4.61. The van der Waals surface area contributed by atoms with E-state index in [1.807, 2.05) is 0 Å². The highest BCUT2D eigenvalue weighted by Crippen LogP contribution is 2.29. The number of hydrogen-bond acceptors (Lipinski definition) is 3. The number of carboxylic acids is 1. The first-order valence-electron chi connectivity index (χ1n) is 5.99. The third-order valence-corrected chi connectivity index (χ3v) is 3.31. The van der Waals surface area contributed by atoms with Crippen LogP contribution in [0.2, 0.25) is 0 Å². The molecular weight excluding hydrogens is 272 g/mol. The van der Waals surface area contributed by atoms with Crippen LogP contribution in [0.1, 0.15) is 23.2 Å². The first kappa shape index (κ1) is 14.2. The molecule has 108 valence electrons. The Morgan fingerprint density at radius 2 is 1.90 bits per heavy atom. The predicted octanol–water partition coefficient (Wildman–Crippen LogP) is 1.57. The van der Waals surface area contributed by atoms with Gasteiger partial charge in [-0.2, -0.15) is 0 Å². The highest BCUT2D eigenvalue weighted by molar-refractivity contribution is 5.97. The molecule has 2 rings (SSSR count). The number of carboxylic acid groups (broad SMARTS) is 1. The van der Waals surface area contributed by atoms with Crippen LogP contribution >= 0.6 is 0 Å². The Bertz CT molecular complexity index is 556. The van der Waals surface area contributed by atoms with Crippen LogP contribution in [-0.4, -0.2) is 30.1 Å². The fraction of sp³-hybridized carbons (Fsp3) is 0.385. The van der Waals surface area contributed by atoms with Gasteiger partial charge in [0.15, 0.2) is 11.6 Å². The van der Waals surface area contributed by atoms with Crippen molar-refractivity contribution in [3.8, 4) is 5.75 Å². The molecule has 0 atom stereocenters. The molecule has 20 heavy (non-hydrogen) atoms. The molecule has 0 radical (unpaired) electrons. The van der Waals surface area contributed by atoms with E-state index in [0.29, 0.717) is 0 Å². The minimum absolute atomic E-state index is 0.278. The lowest BCUT2D eigenvalue weighted by molar-refractivity contribution is -0.145. The maximum absolute atomic E-state index is 13.6. The number of amides is 1. The third kappa shape index (κ3) is 2.56. The van der Waals surface area contributed by atoms with Gasteiger partial charge in [-0.15, -0.1) is 0 Å². The van der Waals surface area contributed by atoms with Gasteiger partial charge in [0, 0.05) is 6.04 Å². The van der Waals surface area contributed by atoms with Crippen molar-refractivity contribution < 1.29 is 28.2 Å². The maximum atomic E-state index is 13.6. The van der Waals surface area contributed by atoms with Crippen molar-refractivity contribution >= 4 is 11.9 Å². The fourth-order valence-corrected chi connectivity index (χ4v) is 2.14. The summed E-state index contributed by atoms with van der Waals surface area (Å²) in [7, 11) is 1.14. The van der Waals surface area contributed by atoms with E-state index in [4.69, 9.17) is 9.84 Å². The molecule has 0 saturated heterocycles. The molecule has 0 bridgehead atoms. The molecular formula is C13H13F2NO4. The van der Waals surface area contributed by atoms with Gasteiger partial charge < -0.3 is 15.2 Å². The molecule has 2 N–H and O–H groups in total. The summed E-state index contributed by atoms with van der Waals surface area (Å²) in [6.07, 6.45) is 0.556. The number of hydrogen-bond donors (Lipinski definition) is 2. The molecule has 7 heteroatoms. The van der Waals surface area contributed by atoms with E-state index >= 15 is 0 Å². The van der Waals surface area contributed by atoms with Crippen molar-refractivity contribution in [2.45, 2.75) is 18.9 Å². The van der Waals surface area contributed by atoms with Crippen molar-refractivity contribution in [3.63, 3.8) is 0 Å². The molecule has 1 aliphatic carbocycles. The van der Waals surface area contributed by atoms with Crippen LogP contribution in [0.5, 0.6) is 5.75 Å². The third-order valence-electron chi connectivity index (χ3n) is 3.31. The minimum Gasteiger partial charge on any atom is -0.493 e. The highest BCUT2D eigenvalue weighted by atomic mass is 19.1. The van der Waals surface area contributed by atoms with Crippen LogP contribution < -0.4 is 10.1 Å². The zero-order chi connectivity index (χ0) is 14.9. The fourth-order valence-electron chi connectivity index (χ4n) is 2.14. The quantitative estimate of drug-likeness (QED) is 0.880. The summed E-state index contributed by atoms with van der Waals surface area (Å²) < 4.78 is 31.8. The number of ether oxygens (including phenoxy) is 1. The van der Waals surface area contributed by atoms with Crippen LogP contribution in [0, 0.1) is 17.6 Å². The SMILES string of the molecule is COc1c(F)ccc(F)c1C(=O)NC1CC(C(=O)O)C1. The lowest BCUT2D eigenvalue weighted by Gasteiger charge is -2.32. The van der Waals surface area contributed by atoms with Crippen molar-refractivity contribution in [2.24, 2.45) is 5.92 Å². The van der Waals surface area contributed by atoms with E-state index in [-0.39, 0.29) is 18.9 Å². The molecule has 1 amide bonds. The van der Waals surface area contributed by atoms with E-state index in [9.17, 15) is 18.4 Å². The van der Waals surface area contributed by atoms with Gasteiger partial charge in [0.05, 0.1) is 13.0 Å². The smallest absolute Gasteiger partial charge is 0.306 e. The molecule has 0 spiro atoms. The van der Waals surface area contributed by atoms with Crippen LogP contribution in [0.25, 0.3) is 0 Å². The second-order valence-electron chi connectivity index (χ2n) is 4.61. The zero-order valence-corrected chi connectivity index (χ0v) is 10.7. The lowest BCUT2D eigenvalue weighted by atomic mass is 9.80. The number of carbonyl (C=O) groups is 2. The Balaban J connectivity index is 2.11. The normalized spacial score (nSPS) is 20.9. The van der Waals surface area contributed by atoms with Gasteiger partial charge >= 0.3 is 5.97 Å². The second kappa shape index (κ2) is 5.44. The van der Waals surface area contributed by atoms with Crippen molar-refractivity contribution in [1.82, 2.24) is 5.32 Å². The summed E-state index contributed by atoms with van der Waals surface area (Å²) in [6, 6.07) is 1.36. The van der Waals surface area contributed by atoms with Crippen LogP contribution in [-0.2, 0) is 4.79 Å². The number of rotatable bonds is 4. The van der Waals surface area contributed by atoms with Crippen LogP contribution in [0.15, 0.2) is 12.1 Å². The average Bonchev–Trinajstić information content (AvgIpc) is 2.34. The highest BCUT2D eigenvalue weighted by Gasteiger charge is 2.36. The standard InChI is InChI=1S/C13H13F2NO4/c1-20-11-9(15)3-2-8(14)10(11)12(17)16-7-4-6(5-7)13(18)19/h2-3,6-7H,4-5H2,1H3,(H,16,17)(H,18,19). The van der Waals surface area contributed by atoms with Crippen LogP contribution in [0.3, 0.4) is 0 Å². The van der Waals surface area contributed by atoms with E-state index < -0.39 is 40.7 Å². The van der Waals surface area contributed by atoms with Gasteiger partial charge in [0.1, 0.15) is 11.4 Å². The molecule has 1 aromatic carbocycles. The Kier molecular flexibility index (Phi) is 3.87. The van der Waals surface area contributed by atoms with Gasteiger partial charge in [0.25, 0.3) is 5.91 Å². The lowest BCUT2D eigenvalue weighted by Crippen LogP contribution is -2.47. The number of benzene rings is 1. The number of nitrogens with one attached hydrogen (secondary N) is 1. The summed E-state index contributed by atoms with van der Waals surface area (Å²) in [5.41, 5.74) is -0.508. The molecule has 1 aliphatic rings. The van der Waals surface area contributed by atoms with E-state index in [0.717, 1.165) is 19.2 Å². The van der Waals surface area contributed by atoms with Crippen molar-refractivity contribution in [3.05, 3.63) is 29.3 Å². The Morgan fingerprint density at radius 3 is 2.45 bits per heavy atom. The van der Waals surface area contributed by atoms with Gasteiger partial charge in [-0.05, 0) is 25.0 Å². The van der Waals surface area contributed by atoms with Gasteiger partial charge in [-0.25, -0.2) is 8.78 Å². The molecule has 0 unspecified atom stereocenters. The minimum atomic E-state index is -0.926. The molecule has 0 aromatic heterocycles. The number of aliphatic carboxylic acids is 1. The van der Waals surface area contributed by atoms with Gasteiger partial charge in [-0.3, -0.25) is 9.59 Å². The Morgan fingerprint density at radius 1 is 1.30 bits per heavy atom. The molecule has 0 heterocycles. The summed E-state index contributed by atoms with van der Waals surface area (Å²) in [4.78, 5) is 22.6. The van der Waals surface area contributed by atoms with Crippen molar-refractivity contribution in [2.75, 3.05) is 7.11 Å². The Labute approximate surface area is 113 Å². The van der Waals surface area contributed by atoms with Gasteiger partial charge in [0.2, 0.25) is 0 Å². The molecule has 5 nitrogen and oxygen atoms in total. The monoisotopic (exact) mass is 285 g/mol. The topological polar surface area (TPSA) is 75.6 Å². The number of methoxy groups -OCH3 is 1. The molecule has 0 aliphatic heterocycles. The summed E-state index contributed by atoms with van der Waals surface area (Å²) >= 11 is 0. The average molecular weight is 285 g/mol. The molecule has 1 saturated carbocycles. The molecule has 1 aromatic rings. The van der Waals surface area contributed by atoms with E-state index in [2.05, 4.69) is 5.32 Å². The largest absolute Gasteiger partial charge is 0.493 e.